The second-order valence-electron chi connectivity index (χ2n) is 6.04. The van der Waals surface area contributed by atoms with Gasteiger partial charge in [0.25, 0.3) is 0 Å². The minimum atomic E-state index is -3.06. The average Bonchev–Trinajstić information content (AvgIpc) is 2.26. The van der Waals surface area contributed by atoms with Gasteiger partial charge in [-0.1, -0.05) is 0 Å². The number of hydrogen-bond acceptors (Lipinski definition) is 4. The van der Waals surface area contributed by atoms with E-state index in [1.807, 2.05) is 0 Å². The monoisotopic (exact) mass is 263 g/mol. The van der Waals surface area contributed by atoms with Crippen LogP contribution in [0.3, 0.4) is 0 Å². The van der Waals surface area contributed by atoms with Gasteiger partial charge in [-0.15, -0.1) is 0 Å². The van der Waals surface area contributed by atoms with Crippen LogP contribution in [0.1, 0.15) is 40.0 Å². The topological polar surface area (TPSA) is 69.4 Å². The summed E-state index contributed by atoms with van der Waals surface area (Å²) >= 11 is 0. The number of hydrogen-bond donors (Lipinski definition) is 1. The van der Waals surface area contributed by atoms with E-state index < -0.39 is 14.6 Å². The van der Waals surface area contributed by atoms with Gasteiger partial charge in [0.2, 0.25) is 0 Å². The lowest BCUT2D eigenvalue weighted by molar-refractivity contribution is -0.00443. The van der Waals surface area contributed by atoms with Gasteiger partial charge in [0.15, 0.2) is 9.84 Å². The highest BCUT2D eigenvalue weighted by atomic mass is 32.2. The molecule has 1 aliphatic rings. The Morgan fingerprint density at radius 3 is 2.41 bits per heavy atom. The standard InChI is InChI=1S/C12H25NO3S/c1-11(2,3)17(14,15)8-6-12(9-13)5-4-7-16-10-12/h4-10,13H2,1-3H3. The first-order chi connectivity index (χ1) is 7.72. The normalized spacial score (nSPS) is 27.1. The van der Waals surface area contributed by atoms with Gasteiger partial charge >= 0.3 is 0 Å². The van der Waals surface area contributed by atoms with Crippen LogP contribution in [0.2, 0.25) is 0 Å². The second kappa shape index (κ2) is 5.24. The molecule has 1 heterocycles. The Morgan fingerprint density at radius 2 is 2.00 bits per heavy atom. The molecule has 1 unspecified atom stereocenters. The molecule has 0 saturated carbocycles. The van der Waals surface area contributed by atoms with Crippen LogP contribution < -0.4 is 5.73 Å². The zero-order valence-corrected chi connectivity index (χ0v) is 12.0. The van der Waals surface area contributed by atoms with Crippen molar-refractivity contribution in [2.24, 2.45) is 11.1 Å². The molecule has 1 fully saturated rings. The van der Waals surface area contributed by atoms with Crippen molar-refractivity contribution >= 4 is 9.84 Å². The van der Waals surface area contributed by atoms with E-state index in [4.69, 9.17) is 10.5 Å². The number of nitrogens with two attached hydrogens (primary N) is 1. The Balaban J connectivity index is 2.65. The Hall–Kier alpha value is -0.130. The van der Waals surface area contributed by atoms with Crippen molar-refractivity contribution in [1.82, 2.24) is 0 Å². The molecule has 0 spiro atoms. The predicted octanol–water partition coefficient (Wildman–Crippen LogP) is 1.35. The van der Waals surface area contributed by atoms with E-state index in [-0.39, 0.29) is 11.2 Å². The lowest BCUT2D eigenvalue weighted by Gasteiger charge is -2.36. The van der Waals surface area contributed by atoms with Crippen LogP contribution in [-0.4, -0.2) is 38.7 Å². The number of sulfone groups is 1. The minimum absolute atomic E-state index is 0.128. The van der Waals surface area contributed by atoms with Crippen molar-refractivity contribution in [1.29, 1.82) is 0 Å². The van der Waals surface area contributed by atoms with Crippen molar-refractivity contribution in [2.45, 2.75) is 44.8 Å². The molecule has 0 aromatic rings. The summed E-state index contributed by atoms with van der Waals surface area (Å²) in [5.74, 6) is 0.205. The Morgan fingerprint density at radius 1 is 1.35 bits per heavy atom. The molecule has 102 valence electrons. The molecule has 0 aromatic carbocycles. The van der Waals surface area contributed by atoms with Crippen molar-refractivity contribution in [3.63, 3.8) is 0 Å². The summed E-state index contributed by atoms with van der Waals surface area (Å²) in [5.41, 5.74) is 5.67. The van der Waals surface area contributed by atoms with Gasteiger partial charge in [-0.2, -0.15) is 0 Å². The van der Waals surface area contributed by atoms with Gasteiger partial charge < -0.3 is 10.5 Å². The summed E-state index contributed by atoms with van der Waals surface area (Å²) < 4.78 is 28.9. The quantitative estimate of drug-likeness (QED) is 0.831. The molecule has 4 nitrogen and oxygen atoms in total. The molecule has 1 rings (SSSR count). The molecular formula is C12H25NO3S. The largest absolute Gasteiger partial charge is 0.381 e. The first-order valence-corrected chi connectivity index (χ1v) is 7.88. The van der Waals surface area contributed by atoms with Crippen molar-refractivity contribution in [3.05, 3.63) is 0 Å². The lowest BCUT2D eigenvalue weighted by Crippen LogP contribution is -2.41. The van der Waals surface area contributed by atoms with E-state index in [1.165, 1.54) is 0 Å². The summed E-state index contributed by atoms with van der Waals surface area (Å²) in [6, 6.07) is 0. The molecule has 5 heteroatoms. The van der Waals surface area contributed by atoms with Crippen LogP contribution >= 0.6 is 0 Å². The Bertz CT molecular complexity index is 337. The van der Waals surface area contributed by atoms with Crippen LogP contribution in [0.15, 0.2) is 0 Å². The third-order valence-electron chi connectivity index (χ3n) is 3.67. The fourth-order valence-electron chi connectivity index (χ4n) is 2.03. The van der Waals surface area contributed by atoms with E-state index in [1.54, 1.807) is 20.8 Å². The predicted molar refractivity (Wildman–Crippen MR) is 69.7 cm³/mol. The van der Waals surface area contributed by atoms with Crippen LogP contribution in [0, 0.1) is 5.41 Å². The zero-order chi connectivity index (χ0) is 13.2. The zero-order valence-electron chi connectivity index (χ0n) is 11.2. The van der Waals surface area contributed by atoms with E-state index in [9.17, 15) is 8.42 Å². The first-order valence-electron chi connectivity index (χ1n) is 6.23. The maximum absolute atomic E-state index is 12.1. The van der Waals surface area contributed by atoms with Gasteiger partial charge in [-0.25, -0.2) is 8.42 Å². The van der Waals surface area contributed by atoms with Crippen LogP contribution in [0.5, 0.6) is 0 Å². The fraction of sp³-hybridized carbons (Fsp3) is 1.00. The summed E-state index contributed by atoms with van der Waals surface area (Å²) in [4.78, 5) is 0. The number of rotatable bonds is 4. The highest BCUT2D eigenvalue weighted by molar-refractivity contribution is 7.92. The van der Waals surface area contributed by atoms with Crippen molar-refractivity contribution in [2.75, 3.05) is 25.5 Å². The smallest absolute Gasteiger partial charge is 0.155 e. The van der Waals surface area contributed by atoms with Crippen LogP contribution in [0.4, 0.5) is 0 Å². The van der Waals surface area contributed by atoms with E-state index in [0.29, 0.717) is 19.6 Å². The number of ether oxygens (including phenoxy) is 1. The van der Waals surface area contributed by atoms with E-state index >= 15 is 0 Å². The highest BCUT2D eigenvalue weighted by Gasteiger charge is 2.36. The van der Waals surface area contributed by atoms with Crippen molar-refractivity contribution < 1.29 is 13.2 Å². The molecule has 1 aliphatic heterocycles. The molecule has 1 atom stereocenters. The van der Waals surface area contributed by atoms with E-state index in [2.05, 4.69) is 0 Å². The maximum Gasteiger partial charge on any atom is 0.155 e. The van der Waals surface area contributed by atoms with Gasteiger partial charge in [-0.05, 0) is 40.0 Å². The summed E-state index contributed by atoms with van der Waals surface area (Å²) in [6.07, 6.45) is 2.57. The van der Waals surface area contributed by atoms with E-state index in [0.717, 1.165) is 19.4 Å². The first kappa shape index (κ1) is 14.9. The molecule has 0 aromatic heterocycles. The third-order valence-corrected chi connectivity index (χ3v) is 6.28. The fourth-order valence-corrected chi connectivity index (χ4v) is 3.34. The summed E-state index contributed by atoms with van der Waals surface area (Å²) in [7, 11) is -3.06. The average molecular weight is 263 g/mol. The lowest BCUT2D eigenvalue weighted by atomic mass is 9.80. The third kappa shape index (κ3) is 3.66. The Labute approximate surface area is 105 Å². The minimum Gasteiger partial charge on any atom is -0.381 e. The molecule has 1 saturated heterocycles. The van der Waals surface area contributed by atoms with Gasteiger partial charge in [0.05, 0.1) is 17.1 Å². The summed E-state index contributed by atoms with van der Waals surface area (Å²) in [5, 5.41) is 0. The molecule has 0 bridgehead atoms. The molecule has 0 radical (unpaired) electrons. The summed E-state index contributed by atoms with van der Waals surface area (Å²) in [6.45, 7) is 7.11. The van der Waals surface area contributed by atoms with Crippen LogP contribution in [0.25, 0.3) is 0 Å². The molecule has 0 amide bonds. The molecule has 0 aliphatic carbocycles. The van der Waals surface area contributed by atoms with Gasteiger partial charge in [0.1, 0.15) is 0 Å². The van der Waals surface area contributed by atoms with Gasteiger partial charge in [0, 0.05) is 18.6 Å². The molecule has 17 heavy (non-hydrogen) atoms. The SMILES string of the molecule is CC(C)(C)S(=O)(=O)CCC1(CN)CCCOC1. The van der Waals surface area contributed by atoms with Gasteiger partial charge in [-0.3, -0.25) is 0 Å². The second-order valence-corrected chi connectivity index (χ2v) is 8.90. The Kier molecular flexibility index (Phi) is 4.60. The van der Waals surface area contributed by atoms with Crippen LogP contribution in [-0.2, 0) is 14.6 Å². The van der Waals surface area contributed by atoms with Crippen molar-refractivity contribution in [3.8, 4) is 0 Å². The molecule has 2 N–H and O–H groups in total. The molecular weight excluding hydrogens is 238 g/mol. The highest BCUT2D eigenvalue weighted by Crippen LogP contribution is 2.32. The maximum atomic E-state index is 12.1.